The zero-order chi connectivity index (χ0) is 21.1. The number of carbonyl (C=O) groups excluding carboxylic acids is 1. The van der Waals surface area contributed by atoms with E-state index in [1.807, 2.05) is 48.5 Å². The van der Waals surface area contributed by atoms with E-state index in [0.29, 0.717) is 33.2 Å². The van der Waals surface area contributed by atoms with Crippen LogP contribution in [-0.2, 0) is 0 Å². The van der Waals surface area contributed by atoms with E-state index in [9.17, 15) is 9.18 Å². The molecule has 2 aromatic heterocycles. The lowest BCUT2D eigenvalue weighted by Crippen LogP contribution is -2.00. The van der Waals surface area contributed by atoms with Crippen molar-refractivity contribution in [1.82, 2.24) is 14.8 Å². The third-order valence-electron chi connectivity index (χ3n) is 5.42. The first-order valence-electron chi connectivity index (χ1n) is 9.62. The third kappa shape index (κ3) is 2.63. The maximum absolute atomic E-state index is 13.7. The molecule has 31 heavy (non-hydrogen) atoms. The van der Waals surface area contributed by atoms with E-state index in [0.717, 1.165) is 21.6 Å². The fourth-order valence-corrected chi connectivity index (χ4v) is 4.92. The summed E-state index contributed by atoms with van der Waals surface area (Å²) in [6.07, 6.45) is 0. The number of carbonyl (C=O) groups is 1. The van der Waals surface area contributed by atoms with E-state index in [-0.39, 0.29) is 11.6 Å². The summed E-state index contributed by atoms with van der Waals surface area (Å²) in [6.45, 7) is 0. The smallest absolute Gasteiger partial charge is 0.212 e. The number of thiazole rings is 1. The second-order valence-electron chi connectivity index (χ2n) is 7.20. The molecule has 0 bridgehead atoms. The molecule has 0 aliphatic heterocycles. The van der Waals surface area contributed by atoms with Crippen molar-refractivity contribution in [3.05, 3.63) is 83.7 Å². The zero-order valence-corrected chi connectivity index (χ0v) is 17.1. The van der Waals surface area contributed by atoms with Gasteiger partial charge in [0.15, 0.2) is 5.78 Å². The monoisotopic (exact) mass is 427 g/mol. The summed E-state index contributed by atoms with van der Waals surface area (Å²) in [6, 6.07) is 19.5. The first kappa shape index (κ1) is 18.0. The molecule has 0 saturated carbocycles. The number of halogens is 1. The van der Waals surface area contributed by atoms with Crippen molar-refractivity contribution >= 4 is 27.3 Å². The molecule has 0 fully saturated rings. The van der Waals surface area contributed by atoms with E-state index in [4.69, 9.17) is 9.84 Å². The standard InChI is InChI=1S/C24H14FN3O2S/c1-30-15-9-6-13(7-10-15)21-20-22(16-4-2-3-5-17(16)23(20)29)28(27-21)24-26-18-11-8-14(25)12-19(18)31-24/h2-12H,1H3. The minimum Gasteiger partial charge on any atom is -0.497 e. The highest BCUT2D eigenvalue weighted by Gasteiger charge is 2.35. The summed E-state index contributed by atoms with van der Waals surface area (Å²) in [7, 11) is 1.61. The van der Waals surface area contributed by atoms with Crippen molar-refractivity contribution < 1.29 is 13.9 Å². The molecule has 3 aromatic carbocycles. The minimum atomic E-state index is -0.312. The predicted octanol–water partition coefficient (Wildman–Crippen LogP) is 5.51. The van der Waals surface area contributed by atoms with E-state index < -0.39 is 0 Å². The first-order chi connectivity index (χ1) is 15.1. The SMILES string of the molecule is COc1ccc(-c2nn(-c3nc4ccc(F)cc4s3)c3c2C(=O)c2ccccc2-3)cc1. The molecule has 0 atom stereocenters. The number of aromatic nitrogens is 3. The van der Waals surface area contributed by atoms with Gasteiger partial charge in [0.05, 0.1) is 28.6 Å². The normalized spacial score (nSPS) is 12.3. The molecule has 0 N–H and O–H groups in total. The Kier molecular flexibility index (Phi) is 3.82. The molecule has 150 valence electrons. The molecule has 0 unspecified atom stereocenters. The second kappa shape index (κ2) is 6.58. The number of ether oxygens (including phenoxy) is 1. The quantitative estimate of drug-likeness (QED) is 0.374. The van der Waals surface area contributed by atoms with E-state index >= 15 is 0 Å². The molecular weight excluding hydrogens is 413 g/mol. The highest BCUT2D eigenvalue weighted by molar-refractivity contribution is 7.20. The van der Waals surface area contributed by atoms with Crippen LogP contribution in [-0.4, -0.2) is 27.7 Å². The molecule has 1 aliphatic rings. The summed E-state index contributed by atoms with van der Waals surface area (Å²) in [4.78, 5) is 18.0. The lowest BCUT2D eigenvalue weighted by molar-refractivity contribution is 0.104. The van der Waals surface area contributed by atoms with E-state index in [1.165, 1.54) is 23.5 Å². The Hall–Kier alpha value is -3.84. The van der Waals surface area contributed by atoms with Crippen molar-refractivity contribution in [2.24, 2.45) is 0 Å². The van der Waals surface area contributed by atoms with Crippen LogP contribution in [0.5, 0.6) is 5.75 Å². The molecule has 5 nitrogen and oxygen atoms in total. The van der Waals surface area contributed by atoms with Gasteiger partial charge in [-0.05, 0) is 42.5 Å². The number of hydrogen-bond acceptors (Lipinski definition) is 5. The summed E-state index contributed by atoms with van der Waals surface area (Å²) in [5.41, 5.74) is 4.82. The molecule has 1 aliphatic carbocycles. The molecule has 2 heterocycles. The van der Waals surface area contributed by atoms with Gasteiger partial charge in [-0.25, -0.2) is 14.1 Å². The topological polar surface area (TPSA) is 57.0 Å². The van der Waals surface area contributed by atoms with Crippen LogP contribution in [0.15, 0.2) is 66.7 Å². The van der Waals surface area contributed by atoms with Crippen LogP contribution in [0.25, 0.3) is 37.9 Å². The zero-order valence-electron chi connectivity index (χ0n) is 16.3. The van der Waals surface area contributed by atoms with E-state index in [2.05, 4.69) is 4.98 Å². The Morgan fingerprint density at radius 1 is 1.00 bits per heavy atom. The van der Waals surface area contributed by atoms with Crippen LogP contribution in [0.2, 0.25) is 0 Å². The van der Waals surface area contributed by atoms with Crippen LogP contribution in [0.3, 0.4) is 0 Å². The average molecular weight is 427 g/mol. The Bertz CT molecular complexity index is 1500. The summed E-state index contributed by atoms with van der Waals surface area (Å²) < 4.78 is 21.4. The van der Waals surface area contributed by atoms with Crippen molar-refractivity contribution in [2.75, 3.05) is 7.11 Å². The van der Waals surface area contributed by atoms with Crippen molar-refractivity contribution in [1.29, 1.82) is 0 Å². The number of nitrogens with zero attached hydrogens (tertiary/aromatic N) is 3. The van der Waals surface area contributed by atoms with Crippen LogP contribution in [0.4, 0.5) is 4.39 Å². The number of rotatable bonds is 3. The first-order valence-corrected chi connectivity index (χ1v) is 10.4. The number of fused-ring (bicyclic) bond motifs is 4. The molecule has 0 radical (unpaired) electrons. The van der Waals surface area contributed by atoms with Gasteiger partial charge in [-0.15, -0.1) is 0 Å². The molecule has 6 rings (SSSR count). The highest BCUT2D eigenvalue weighted by atomic mass is 32.1. The van der Waals surface area contributed by atoms with Gasteiger partial charge in [0.2, 0.25) is 5.13 Å². The second-order valence-corrected chi connectivity index (χ2v) is 8.20. The Labute approximate surface area is 180 Å². The highest BCUT2D eigenvalue weighted by Crippen LogP contribution is 2.43. The van der Waals surface area contributed by atoms with Gasteiger partial charge in [0, 0.05) is 16.7 Å². The van der Waals surface area contributed by atoms with Gasteiger partial charge in [-0.3, -0.25) is 4.79 Å². The van der Waals surface area contributed by atoms with Crippen LogP contribution in [0, 0.1) is 5.82 Å². The van der Waals surface area contributed by atoms with Crippen LogP contribution < -0.4 is 4.74 Å². The van der Waals surface area contributed by atoms with Crippen molar-refractivity contribution in [3.8, 4) is 33.4 Å². The summed E-state index contributed by atoms with van der Waals surface area (Å²) >= 11 is 1.34. The predicted molar refractivity (Wildman–Crippen MR) is 118 cm³/mol. The fraction of sp³-hybridized carbons (Fsp3) is 0.0417. The van der Waals surface area contributed by atoms with Gasteiger partial charge in [0.25, 0.3) is 0 Å². The molecule has 7 heteroatoms. The summed E-state index contributed by atoms with van der Waals surface area (Å²) in [5.74, 6) is 0.352. The van der Waals surface area contributed by atoms with Crippen LogP contribution in [0.1, 0.15) is 15.9 Å². The minimum absolute atomic E-state index is 0.0603. The van der Waals surface area contributed by atoms with Crippen molar-refractivity contribution in [2.45, 2.75) is 0 Å². The van der Waals surface area contributed by atoms with Gasteiger partial charge >= 0.3 is 0 Å². The Morgan fingerprint density at radius 3 is 2.55 bits per heavy atom. The van der Waals surface area contributed by atoms with Gasteiger partial charge in [0.1, 0.15) is 17.3 Å². The lowest BCUT2D eigenvalue weighted by Gasteiger charge is -2.04. The van der Waals surface area contributed by atoms with E-state index in [1.54, 1.807) is 17.9 Å². The molecule has 0 amide bonds. The Balaban J connectivity index is 1.63. The van der Waals surface area contributed by atoms with Gasteiger partial charge in [-0.1, -0.05) is 35.6 Å². The lowest BCUT2D eigenvalue weighted by atomic mass is 10.0. The van der Waals surface area contributed by atoms with Gasteiger partial charge < -0.3 is 4.74 Å². The number of methoxy groups -OCH3 is 1. The third-order valence-corrected chi connectivity index (χ3v) is 6.42. The molecule has 5 aromatic rings. The van der Waals surface area contributed by atoms with Crippen LogP contribution >= 0.6 is 11.3 Å². The number of hydrogen-bond donors (Lipinski definition) is 0. The summed E-state index contributed by atoms with van der Waals surface area (Å²) in [5, 5.41) is 5.39. The molecule has 0 saturated heterocycles. The fourth-order valence-electron chi connectivity index (χ4n) is 3.97. The Morgan fingerprint density at radius 2 is 1.77 bits per heavy atom. The van der Waals surface area contributed by atoms with Gasteiger partial charge in [-0.2, -0.15) is 5.10 Å². The largest absolute Gasteiger partial charge is 0.497 e. The molecular formula is C24H14FN3O2S. The maximum Gasteiger partial charge on any atom is 0.212 e. The average Bonchev–Trinajstić information content (AvgIpc) is 3.47. The van der Waals surface area contributed by atoms with Crippen molar-refractivity contribution in [3.63, 3.8) is 0 Å². The number of ketones is 1. The molecule has 0 spiro atoms. The number of benzene rings is 3. The maximum atomic E-state index is 13.7.